The van der Waals surface area contributed by atoms with E-state index >= 15 is 0 Å². The largest absolute Gasteiger partial charge is 0.319 e. The Balaban J connectivity index is 2.21. The Hall–Kier alpha value is -0.540. The molecule has 3 heteroatoms. The van der Waals surface area contributed by atoms with Crippen molar-refractivity contribution in [2.45, 2.75) is 18.6 Å². The molecule has 14 heavy (non-hydrogen) atoms. The van der Waals surface area contributed by atoms with Crippen LogP contribution >= 0.6 is 11.8 Å². The predicted octanol–water partition coefficient (Wildman–Crippen LogP) is 1.63. The molecule has 1 aromatic rings. The number of nitrogens with one attached hydrogen (secondary N) is 1. The molecular formula is C11H16N2S. The van der Waals surface area contributed by atoms with E-state index < -0.39 is 0 Å². The lowest BCUT2D eigenvalue weighted by Crippen LogP contribution is -2.14. The quantitative estimate of drug-likeness (QED) is 0.817. The van der Waals surface area contributed by atoms with Gasteiger partial charge in [-0.3, -0.25) is 4.98 Å². The molecule has 2 rings (SSSR count). The third kappa shape index (κ3) is 2.10. The van der Waals surface area contributed by atoms with Crippen molar-refractivity contribution in [3.05, 3.63) is 29.1 Å². The van der Waals surface area contributed by atoms with E-state index in [9.17, 15) is 0 Å². The van der Waals surface area contributed by atoms with Crippen molar-refractivity contribution in [1.82, 2.24) is 10.3 Å². The minimum atomic E-state index is 1.05. The minimum Gasteiger partial charge on any atom is -0.319 e. The Labute approximate surface area is 89.5 Å². The summed E-state index contributed by atoms with van der Waals surface area (Å²) in [6.45, 7) is 1.05. The fourth-order valence-corrected chi connectivity index (χ4v) is 2.82. The summed E-state index contributed by atoms with van der Waals surface area (Å²) in [6.07, 6.45) is 6.40. The summed E-state index contributed by atoms with van der Waals surface area (Å²) in [5.74, 6) is 2.42. The molecule has 0 aromatic carbocycles. The predicted molar refractivity (Wildman–Crippen MR) is 61.7 cm³/mol. The molecule has 0 bridgehead atoms. The van der Waals surface area contributed by atoms with E-state index in [0.717, 1.165) is 18.7 Å². The first-order chi connectivity index (χ1) is 6.92. The number of pyridine rings is 1. The van der Waals surface area contributed by atoms with Gasteiger partial charge in [0.05, 0.1) is 0 Å². The molecule has 0 atom stereocenters. The molecule has 2 heterocycles. The molecule has 0 radical (unpaired) electrons. The van der Waals surface area contributed by atoms with Crippen molar-refractivity contribution < 1.29 is 0 Å². The second-order valence-corrected chi connectivity index (χ2v) is 4.70. The first-order valence-corrected chi connectivity index (χ1v) is 6.24. The summed E-state index contributed by atoms with van der Waals surface area (Å²) in [7, 11) is 2.00. The SMILES string of the molecule is CNCCc1cncc2c1CCSC2. The van der Waals surface area contributed by atoms with Gasteiger partial charge in [0.1, 0.15) is 0 Å². The first-order valence-electron chi connectivity index (χ1n) is 5.09. The second kappa shape index (κ2) is 4.80. The van der Waals surface area contributed by atoms with Crippen LogP contribution in [0.4, 0.5) is 0 Å². The molecule has 0 saturated heterocycles. The zero-order valence-corrected chi connectivity index (χ0v) is 9.36. The highest BCUT2D eigenvalue weighted by molar-refractivity contribution is 7.98. The van der Waals surface area contributed by atoms with Crippen molar-refractivity contribution in [2.75, 3.05) is 19.3 Å². The number of nitrogens with zero attached hydrogens (tertiary/aromatic N) is 1. The second-order valence-electron chi connectivity index (χ2n) is 3.59. The van der Waals surface area contributed by atoms with Gasteiger partial charge in [0, 0.05) is 18.1 Å². The van der Waals surface area contributed by atoms with E-state index in [0.29, 0.717) is 0 Å². The van der Waals surface area contributed by atoms with Gasteiger partial charge in [0.15, 0.2) is 0 Å². The summed E-state index contributed by atoms with van der Waals surface area (Å²) in [4.78, 5) is 4.31. The summed E-state index contributed by atoms with van der Waals surface area (Å²) < 4.78 is 0. The van der Waals surface area contributed by atoms with E-state index in [1.54, 1.807) is 5.56 Å². The number of rotatable bonds is 3. The van der Waals surface area contributed by atoms with Gasteiger partial charge in [-0.2, -0.15) is 11.8 Å². The molecule has 0 saturated carbocycles. The maximum absolute atomic E-state index is 4.31. The molecule has 2 nitrogen and oxygen atoms in total. The van der Waals surface area contributed by atoms with Gasteiger partial charge in [-0.05, 0) is 48.9 Å². The molecule has 1 N–H and O–H groups in total. The number of hydrogen-bond acceptors (Lipinski definition) is 3. The van der Waals surface area contributed by atoms with E-state index in [-0.39, 0.29) is 0 Å². The highest BCUT2D eigenvalue weighted by Crippen LogP contribution is 2.26. The maximum Gasteiger partial charge on any atom is 0.0311 e. The monoisotopic (exact) mass is 208 g/mol. The Morgan fingerprint density at radius 1 is 1.50 bits per heavy atom. The lowest BCUT2D eigenvalue weighted by Gasteiger charge is -2.18. The van der Waals surface area contributed by atoms with E-state index in [1.165, 1.54) is 23.3 Å². The topological polar surface area (TPSA) is 24.9 Å². The smallest absolute Gasteiger partial charge is 0.0311 e. The molecule has 0 fully saturated rings. The fraction of sp³-hybridized carbons (Fsp3) is 0.545. The lowest BCUT2D eigenvalue weighted by atomic mass is 10.0. The molecular weight excluding hydrogens is 192 g/mol. The average Bonchev–Trinajstić information content (AvgIpc) is 2.26. The van der Waals surface area contributed by atoms with Crippen LogP contribution in [-0.4, -0.2) is 24.3 Å². The van der Waals surface area contributed by atoms with Crippen molar-refractivity contribution in [1.29, 1.82) is 0 Å². The van der Waals surface area contributed by atoms with Gasteiger partial charge in [0.25, 0.3) is 0 Å². The van der Waals surface area contributed by atoms with Crippen molar-refractivity contribution >= 4 is 11.8 Å². The van der Waals surface area contributed by atoms with Crippen molar-refractivity contribution in [3.63, 3.8) is 0 Å². The molecule has 76 valence electrons. The van der Waals surface area contributed by atoms with Gasteiger partial charge in [-0.25, -0.2) is 0 Å². The third-order valence-corrected chi connectivity index (χ3v) is 3.64. The summed E-state index contributed by atoms with van der Waals surface area (Å²) >= 11 is 2.01. The molecule has 1 aromatic heterocycles. The summed E-state index contributed by atoms with van der Waals surface area (Å²) in [6, 6.07) is 0. The number of thioether (sulfide) groups is 1. The highest BCUT2D eigenvalue weighted by atomic mass is 32.2. The molecule has 0 unspecified atom stereocenters. The van der Waals surface area contributed by atoms with Crippen molar-refractivity contribution in [2.24, 2.45) is 0 Å². The highest BCUT2D eigenvalue weighted by Gasteiger charge is 2.12. The van der Waals surface area contributed by atoms with Crippen LogP contribution in [0, 0.1) is 0 Å². The van der Waals surface area contributed by atoms with Gasteiger partial charge in [-0.15, -0.1) is 0 Å². The molecule has 0 aliphatic carbocycles. The lowest BCUT2D eigenvalue weighted by molar-refractivity contribution is 0.780. The molecule has 0 spiro atoms. The van der Waals surface area contributed by atoms with Crippen LogP contribution in [-0.2, 0) is 18.6 Å². The summed E-state index contributed by atoms with van der Waals surface area (Å²) in [5.41, 5.74) is 4.46. The fourth-order valence-electron chi connectivity index (χ4n) is 1.86. The average molecular weight is 208 g/mol. The van der Waals surface area contributed by atoms with E-state index in [2.05, 4.69) is 10.3 Å². The van der Waals surface area contributed by atoms with Crippen LogP contribution in [0.25, 0.3) is 0 Å². The summed E-state index contributed by atoms with van der Waals surface area (Å²) in [5, 5.41) is 3.19. The number of likely N-dealkylation sites (N-methyl/N-ethyl adjacent to an activating group) is 1. The van der Waals surface area contributed by atoms with E-state index in [4.69, 9.17) is 0 Å². The molecule has 1 aliphatic rings. The minimum absolute atomic E-state index is 1.05. The van der Waals surface area contributed by atoms with Gasteiger partial charge in [0.2, 0.25) is 0 Å². The van der Waals surface area contributed by atoms with Gasteiger partial charge >= 0.3 is 0 Å². The third-order valence-electron chi connectivity index (χ3n) is 2.63. The number of hydrogen-bond donors (Lipinski definition) is 1. The Morgan fingerprint density at radius 2 is 2.43 bits per heavy atom. The van der Waals surface area contributed by atoms with Crippen LogP contribution in [0.2, 0.25) is 0 Å². The molecule has 0 amide bonds. The maximum atomic E-state index is 4.31. The Morgan fingerprint density at radius 3 is 3.29 bits per heavy atom. The van der Waals surface area contributed by atoms with Gasteiger partial charge in [-0.1, -0.05) is 0 Å². The Bertz CT molecular complexity index is 312. The zero-order valence-electron chi connectivity index (χ0n) is 8.55. The number of fused-ring (bicyclic) bond motifs is 1. The Kier molecular flexibility index (Phi) is 3.43. The van der Waals surface area contributed by atoms with Crippen LogP contribution in [0.15, 0.2) is 12.4 Å². The van der Waals surface area contributed by atoms with Gasteiger partial charge < -0.3 is 5.32 Å². The zero-order chi connectivity index (χ0) is 9.80. The number of aromatic nitrogens is 1. The van der Waals surface area contributed by atoms with Crippen molar-refractivity contribution in [3.8, 4) is 0 Å². The van der Waals surface area contributed by atoms with Crippen LogP contribution < -0.4 is 5.32 Å². The molecule has 1 aliphatic heterocycles. The van der Waals surface area contributed by atoms with Crippen LogP contribution in [0.1, 0.15) is 16.7 Å². The van der Waals surface area contributed by atoms with Crippen LogP contribution in [0.3, 0.4) is 0 Å². The first kappa shape index (κ1) is 9.99. The van der Waals surface area contributed by atoms with E-state index in [1.807, 2.05) is 31.2 Å². The normalized spacial score (nSPS) is 15.2. The van der Waals surface area contributed by atoms with Crippen LogP contribution in [0.5, 0.6) is 0 Å². The standard InChI is InChI=1S/C11H16N2S/c1-12-4-2-9-6-13-7-10-8-14-5-3-11(9)10/h6-7,12H,2-5,8H2,1H3.